The fourth-order valence-corrected chi connectivity index (χ4v) is 4.14. The largest absolute Gasteiger partial charge is 0.469 e. The van der Waals surface area contributed by atoms with Gasteiger partial charge in [-0.15, -0.1) is 0 Å². The third-order valence-corrected chi connectivity index (χ3v) is 5.47. The van der Waals surface area contributed by atoms with E-state index in [-0.39, 0.29) is 35.4 Å². The number of hydrogen-bond acceptors (Lipinski definition) is 4. The molecule has 0 bridgehead atoms. The molecule has 2 aliphatic rings. The summed E-state index contributed by atoms with van der Waals surface area (Å²) in [5.41, 5.74) is -0.999. The first-order chi connectivity index (χ1) is 8.89. The Hall–Kier alpha value is -1.37. The van der Waals surface area contributed by atoms with Crippen LogP contribution in [0.4, 0.5) is 0 Å². The number of nitrogens with zero attached hydrogens (tertiary/aromatic N) is 1. The predicted octanol–water partition coefficient (Wildman–Crippen LogP) is 2.47. The van der Waals surface area contributed by atoms with Gasteiger partial charge in [-0.25, -0.2) is 0 Å². The second kappa shape index (κ2) is 4.63. The van der Waals surface area contributed by atoms with E-state index >= 15 is 0 Å². The van der Waals surface area contributed by atoms with Crippen molar-refractivity contribution in [2.45, 2.75) is 46.0 Å². The Kier molecular flexibility index (Phi) is 3.42. The molecule has 0 aliphatic heterocycles. The van der Waals surface area contributed by atoms with Crippen molar-refractivity contribution in [3.63, 3.8) is 0 Å². The van der Waals surface area contributed by atoms with Gasteiger partial charge in [-0.2, -0.15) is 5.26 Å². The lowest BCUT2D eigenvalue weighted by atomic mass is 9.52. The molecule has 0 aromatic rings. The van der Waals surface area contributed by atoms with E-state index in [1.54, 1.807) is 0 Å². The fourth-order valence-electron chi connectivity index (χ4n) is 4.14. The second-order valence-corrected chi connectivity index (χ2v) is 6.35. The Bertz CT molecular complexity index is 453. The van der Waals surface area contributed by atoms with Crippen LogP contribution in [0.3, 0.4) is 0 Å². The molecule has 2 aliphatic carbocycles. The van der Waals surface area contributed by atoms with Gasteiger partial charge in [0.25, 0.3) is 0 Å². The highest BCUT2D eigenvalue weighted by Gasteiger charge is 2.61. The number of ketones is 1. The van der Waals surface area contributed by atoms with Crippen molar-refractivity contribution in [1.29, 1.82) is 5.26 Å². The van der Waals surface area contributed by atoms with Crippen LogP contribution < -0.4 is 0 Å². The van der Waals surface area contributed by atoms with Gasteiger partial charge in [0, 0.05) is 12.3 Å². The zero-order chi connectivity index (χ0) is 14.3. The van der Waals surface area contributed by atoms with Gasteiger partial charge >= 0.3 is 5.97 Å². The number of methoxy groups -OCH3 is 1. The zero-order valence-electron chi connectivity index (χ0n) is 11.9. The van der Waals surface area contributed by atoms with Gasteiger partial charge in [-0.3, -0.25) is 9.59 Å². The van der Waals surface area contributed by atoms with E-state index in [0.717, 1.165) is 19.3 Å². The van der Waals surface area contributed by atoms with Gasteiger partial charge in [0.15, 0.2) is 0 Å². The lowest BCUT2D eigenvalue weighted by Gasteiger charge is -2.49. The maximum atomic E-state index is 12.3. The van der Waals surface area contributed by atoms with Crippen LogP contribution >= 0.6 is 0 Å². The van der Waals surface area contributed by atoms with Gasteiger partial charge in [0.2, 0.25) is 0 Å². The van der Waals surface area contributed by atoms with Gasteiger partial charge in [0.1, 0.15) is 5.78 Å². The Labute approximate surface area is 114 Å². The molecule has 0 radical (unpaired) electrons. The molecule has 19 heavy (non-hydrogen) atoms. The molecule has 0 unspecified atom stereocenters. The van der Waals surface area contributed by atoms with E-state index in [4.69, 9.17) is 4.74 Å². The number of fused-ring (bicyclic) bond motifs is 1. The smallest absolute Gasteiger partial charge is 0.306 e. The summed E-state index contributed by atoms with van der Waals surface area (Å²) in [6.45, 7) is 3.92. The Morgan fingerprint density at radius 3 is 2.79 bits per heavy atom. The molecule has 0 aromatic heterocycles. The average molecular weight is 263 g/mol. The summed E-state index contributed by atoms with van der Waals surface area (Å²) < 4.78 is 4.79. The summed E-state index contributed by atoms with van der Waals surface area (Å²) in [4.78, 5) is 24.0. The number of carbonyl (C=O) groups is 2. The maximum Gasteiger partial charge on any atom is 0.306 e. The molecule has 4 heteroatoms. The van der Waals surface area contributed by atoms with Crippen molar-refractivity contribution >= 4 is 11.8 Å². The van der Waals surface area contributed by atoms with E-state index in [9.17, 15) is 14.9 Å². The first kappa shape index (κ1) is 14.0. The molecule has 0 heterocycles. The molecule has 0 spiro atoms. The minimum Gasteiger partial charge on any atom is -0.469 e. The lowest BCUT2D eigenvalue weighted by Crippen LogP contribution is -2.49. The van der Waals surface area contributed by atoms with Crippen LogP contribution in [0, 0.1) is 34.0 Å². The highest BCUT2D eigenvalue weighted by Crippen LogP contribution is 2.61. The average Bonchev–Trinajstić information content (AvgIpc) is 2.73. The number of rotatable bonds is 2. The Balaban J connectivity index is 2.41. The van der Waals surface area contributed by atoms with Crippen LogP contribution in [0.1, 0.15) is 46.0 Å². The summed E-state index contributed by atoms with van der Waals surface area (Å²) in [7, 11) is 1.37. The first-order valence-electron chi connectivity index (χ1n) is 6.90. The van der Waals surface area contributed by atoms with Crippen molar-refractivity contribution in [3.8, 4) is 6.07 Å². The number of ether oxygens (including phenoxy) is 1. The monoisotopic (exact) mass is 263 g/mol. The van der Waals surface area contributed by atoms with Crippen LogP contribution in [-0.2, 0) is 14.3 Å². The van der Waals surface area contributed by atoms with Crippen LogP contribution in [0.5, 0.6) is 0 Å². The molecule has 0 N–H and O–H groups in total. The Morgan fingerprint density at radius 2 is 2.21 bits per heavy atom. The van der Waals surface area contributed by atoms with Crippen LogP contribution in [-0.4, -0.2) is 18.9 Å². The number of hydrogen-bond donors (Lipinski definition) is 0. The van der Waals surface area contributed by atoms with E-state index in [1.165, 1.54) is 7.11 Å². The third kappa shape index (κ3) is 1.96. The SMILES string of the molecule is COC(=O)C[C@]12CCC(=O)[C@H]1[C@](C)(C#N)[C@H](C)CC2. The van der Waals surface area contributed by atoms with E-state index in [1.807, 2.05) is 13.8 Å². The quantitative estimate of drug-likeness (QED) is 0.718. The number of esters is 1. The zero-order valence-corrected chi connectivity index (χ0v) is 11.9. The minimum atomic E-state index is -0.653. The molecule has 0 amide bonds. The highest BCUT2D eigenvalue weighted by molar-refractivity contribution is 5.87. The number of nitriles is 1. The molecule has 4 atom stereocenters. The number of carbonyl (C=O) groups excluding carboxylic acids is 2. The highest BCUT2D eigenvalue weighted by atomic mass is 16.5. The minimum absolute atomic E-state index is 0.152. The summed E-state index contributed by atoms with van der Waals surface area (Å²) >= 11 is 0. The molecule has 2 rings (SSSR count). The van der Waals surface area contributed by atoms with Crippen molar-refractivity contribution in [2.75, 3.05) is 7.11 Å². The normalized spacial score (nSPS) is 41.5. The molecule has 0 aromatic carbocycles. The van der Waals surface area contributed by atoms with Crippen molar-refractivity contribution in [2.24, 2.45) is 22.7 Å². The second-order valence-electron chi connectivity index (χ2n) is 6.35. The predicted molar refractivity (Wildman–Crippen MR) is 68.9 cm³/mol. The molecule has 0 saturated heterocycles. The summed E-state index contributed by atoms with van der Waals surface area (Å²) in [5.74, 6) is -0.239. The van der Waals surface area contributed by atoms with Gasteiger partial charge in [-0.1, -0.05) is 6.92 Å². The van der Waals surface area contributed by atoms with Crippen molar-refractivity contribution in [1.82, 2.24) is 0 Å². The molecular formula is C15H21NO3. The molecule has 2 saturated carbocycles. The van der Waals surface area contributed by atoms with E-state index in [0.29, 0.717) is 6.42 Å². The fraction of sp³-hybridized carbons (Fsp3) is 0.800. The number of Topliss-reactive ketones (excluding diaryl/α,β-unsaturated/α-hetero) is 1. The summed E-state index contributed by atoms with van der Waals surface area (Å²) in [6, 6.07) is 2.37. The summed E-state index contributed by atoms with van der Waals surface area (Å²) in [5, 5.41) is 9.57. The standard InChI is InChI=1S/C15H21NO3/c1-10-4-6-15(8-12(18)19-3)7-5-11(17)13(15)14(10,2)9-16/h10,13H,4-8H2,1-3H3/t10-,13+,14-,15+/m1/s1. The van der Waals surface area contributed by atoms with Crippen LogP contribution in [0.25, 0.3) is 0 Å². The lowest BCUT2D eigenvalue weighted by molar-refractivity contribution is -0.148. The topological polar surface area (TPSA) is 67.2 Å². The van der Waals surface area contributed by atoms with E-state index < -0.39 is 5.41 Å². The van der Waals surface area contributed by atoms with Crippen molar-refractivity contribution in [3.05, 3.63) is 0 Å². The van der Waals surface area contributed by atoms with Gasteiger partial charge < -0.3 is 4.74 Å². The van der Waals surface area contributed by atoms with Crippen LogP contribution in [0.2, 0.25) is 0 Å². The third-order valence-electron chi connectivity index (χ3n) is 5.47. The van der Waals surface area contributed by atoms with Crippen LogP contribution in [0.15, 0.2) is 0 Å². The van der Waals surface area contributed by atoms with E-state index in [2.05, 4.69) is 6.07 Å². The van der Waals surface area contributed by atoms with Gasteiger partial charge in [0.05, 0.1) is 25.0 Å². The Morgan fingerprint density at radius 1 is 1.53 bits per heavy atom. The molecular weight excluding hydrogens is 242 g/mol. The van der Waals surface area contributed by atoms with Gasteiger partial charge in [-0.05, 0) is 37.5 Å². The molecule has 104 valence electrons. The molecule has 2 fully saturated rings. The first-order valence-corrected chi connectivity index (χ1v) is 6.90. The maximum absolute atomic E-state index is 12.3. The van der Waals surface area contributed by atoms with Crippen molar-refractivity contribution < 1.29 is 14.3 Å². The summed E-state index contributed by atoms with van der Waals surface area (Å²) in [6.07, 6.45) is 3.22. The molecule has 4 nitrogen and oxygen atoms in total.